The van der Waals surface area contributed by atoms with Crippen LogP contribution in [0.5, 0.6) is 11.5 Å². The van der Waals surface area contributed by atoms with Crippen LogP contribution in [-0.4, -0.2) is 25.4 Å². The number of hydrogen-bond acceptors (Lipinski definition) is 4. The number of methoxy groups -OCH3 is 1. The van der Waals surface area contributed by atoms with Crippen LogP contribution in [-0.2, 0) is 9.47 Å². The van der Waals surface area contributed by atoms with Gasteiger partial charge in [-0.25, -0.2) is 0 Å². The lowest BCUT2D eigenvalue weighted by molar-refractivity contribution is -0.0456. The molecule has 1 fully saturated rings. The third-order valence-electron chi connectivity index (χ3n) is 2.16. The van der Waals surface area contributed by atoms with Crippen molar-refractivity contribution in [3.63, 3.8) is 0 Å². The van der Waals surface area contributed by atoms with E-state index >= 15 is 0 Å². The molecule has 1 aliphatic heterocycles. The second-order valence-electron chi connectivity index (χ2n) is 3.12. The lowest BCUT2D eigenvalue weighted by atomic mass is 10.2. The number of benzene rings is 1. The zero-order chi connectivity index (χ0) is 10.8. The summed E-state index contributed by atoms with van der Waals surface area (Å²) in [4.78, 5) is 0. The first-order valence-electron chi connectivity index (χ1n) is 4.52. The van der Waals surface area contributed by atoms with Crippen molar-refractivity contribution in [2.75, 3.05) is 20.3 Å². The van der Waals surface area contributed by atoms with Crippen molar-refractivity contribution in [1.82, 2.24) is 0 Å². The molecule has 1 N–H and O–H groups in total. The first kappa shape index (κ1) is 10.7. The van der Waals surface area contributed by atoms with Crippen LogP contribution < -0.4 is 4.74 Å². The molecule has 4 nitrogen and oxygen atoms in total. The van der Waals surface area contributed by atoms with Crippen molar-refractivity contribution in [2.24, 2.45) is 0 Å². The van der Waals surface area contributed by atoms with Crippen LogP contribution in [0, 0.1) is 0 Å². The van der Waals surface area contributed by atoms with E-state index in [0.29, 0.717) is 24.5 Å². The van der Waals surface area contributed by atoms with Crippen molar-refractivity contribution in [1.29, 1.82) is 0 Å². The van der Waals surface area contributed by atoms with E-state index in [1.54, 1.807) is 12.1 Å². The minimum absolute atomic E-state index is 0.0626. The van der Waals surface area contributed by atoms with Gasteiger partial charge in [0.05, 0.1) is 25.9 Å². The zero-order valence-electron chi connectivity index (χ0n) is 8.20. The van der Waals surface area contributed by atoms with Gasteiger partial charge in [0.15, 0.2) is 17.8 Å². The molecule has 1 aromatic carbocycles. The summed E-state index contributed by atoms with van der Waals surface area (Å²) in [7, 11) is 1.50. The fraction of sp³-hybridized carbons (Fsp3) is 0.400. The van der Waals surface area contributed by atoms with E-state index in [-0.39, 0.29) is 5.75 Å². The van der Waals surface area contributed by atoms with Gasteiger partial charge in [0, 0.05) is 4.47 Å². The van der Waals surface area contributed by atoms with Gasteiger partial charge in [-0.05, 0) is 12.1 Å². The molecule has 1 aromatic rings. The molecule has 1 heterocycles. The predicted molar refractivity (Wildman–Crippen MR) is 57.0 cm³/mol. The molecular weight excluding hydrogens is 264 g/mol. The fourth-order valence-electron chi connectivity index (χ4n) is 1.47. The van der Waals surface area contributed by atoms with Crippen LogP contribution in [0.15, 0.2) is 16.6 Å². The first-order chi connectivity index (χ1) is 7.22. The molecule has 2 rings (SSSR count). The van der Waals surface area contributed by atoms with Crippen LogP contribution in [0.1, 0.15) is 11.9 Å². The Kier molecular flexibility index (Phi) is 3.14. The summed E-state index contributed by atoms with van der Waals surface area (Å²) in [6.45, 7) is 1.08. The van der Waals surface area contributed by atoms with E-state index in [1.807, 2.05) is 0 Å². The Hall–Kier alpha value is -0.780. The molecule has 5 heteroatoms. The molecule has 0 atom stereocenters. The summed E-state index contributed by atoms with van der Waals surface area (Å²) in [5, 5.41) is 9.87. The summed E-state index contributed by atoms with van der Waals surface area (Å²) in [5.41, 5.74) is 0.582. The lowest BCUT2D eigenvalue weighted by Gasteiger charge is -2.14. The molecule has 0 unspecified atom stereocenters. The normalized spacial score (nSPS) is 16.9. The van der Waals surface area contributed by atoms with E-state index in [9.17, 15) is 5.11 Å². The standard InChI is InChI=1S/C10H11BrO4/c1-13-8-5-6(11)4-7(9(8)12)10-14-2-3-15-10/h4-5,10,12H,2-3H2,1H3. The van der Waals surface area contributed by atoms with Gasteiger partial charge in [0.25, 0.3) is 0 Å². The van der Waals surface area contributed by atoms with Gasteiger partial charge in [-0.1, -0.05) is 15.9 Å². The predicted octanol–water partition coefficient (Wildman–Crippen LogP) is 2.21. The number of aromatic hydroxyl groups is 1. The minimum Gasteiger partial charge on any atom is -0.504 e. The molecule has 15 heavy (non-hydrogen) atoms. The van der Waals surface area contributed by atoms with Crippen molar-refractivity contribution in [3.05, 3.63) is 22.2 Å². The summed E-state index contributed by atoms with van der Waals surface area (Å²) in [6, 6.07) is 3.45. The highest BCUT2D eigenvalue weighted by molar-refractivity contribution is 9.10. The SMILES string of the molecule is COc1cc(Br)cc(C2OCCO2)c1O. The van der Waals surface area contributed by atoms with Gasteiger partial charge in [-0.3, -0.25) is 0 Å². The van der Waals surface area contributed by atoms with Crippen molar-refractivity contribution in [2.45, 2.75) is 6.29 Å². The number of rotatable bonds is 2. The Balaban J connectivity index is 2.40. The Morgan fingerprint density at radius 3 is 2.67 bits per heavy atom. The molecule has 0 amide bonds. The van der Waals surface area contributed by atoms with Gasteiger partial charge in [-0.15, -0.1) is 0 Å². The molecule has 1 saturated heterocycles. The van der Waals surface area contributed by atoms with Crippen LogP contribution in [0.4, 0.5) is 0 Å². The van der Waals surface area contributed by atoms with E-state index in [1.165, 1.54) is 7.11 Å². The maximum Gasteiger partial charge on any atom is 0.187 e. The Labute approximate surface area is 95.9 Å². The molecule has 0 aliphatic carbocycles. The van der Waals surface area contributed by atoms with E-state index in [2.05, 4.69) is 15.9 Å². The van der Waals surface area contributed by atoms with Gasteiger partial charge in [-0.2, -0.15) is 0 Å². The highest BCUT2D eigenvalue weighted by Crippen LogP contribution is 2.39. The van der Waals surface area contributed by atoms with Crippen LogP contribution in [0.25, 0.3) is 0 Å². The topological polar surface area (TPSA) is 47.9 Å². The number of hydrogen-bond donors (Lipinski definition) is 1. The molecule has 0 radical (unpaired) electrons. The average molecular weight is 275 g/mol. The summed E-state index contributed by atoms with van der Waals surface area (Å²) >= 11 is 3.33. The van der Waals surface area contributed by atoms with Gasteiger partial charge >= 0.3 is 0 Å². The Morgan fingerprint density at radius 2 is 2.07 bits per heavy atom. The second-order valence-corrected chi connectivity index (χ2v) is 4.04. The lowest BCUT2D eigenvalue weighted by Crippen LogP contribution is -1.99. The summed E-state index contributed by atoms with van der Waals surface area (Å²) in [6.07, 6.45) is -0.503. The molecule has 0 bridgehead atoms. The van der Waals surface area contributed by atoms with Crippen LogP contribution in [0.3, 0.4) is 0 Å². The van der Waals surface area contributed by atoms with Gasteiger partial charge in [0.1, 0.15) is 0 Å². The van der Waals surface area contributed by atoms with E-state index < -0.39 is 6.29 Å². The molecule has 0 saturated carbocycles. The second kappa shape index (κ2) is 4.38. The van der Waals surface area contributed by atoms with Gasteiger partial charge < -0.3 is 19.3 Å². The Bertz CT molecular complexity index is 361. The quantitative estimate of drug-likeness (QED) is 0.899. The Morgan fingerprint density at radius 1 is 1.40 bits per heavy atom. The largest absolute Gasteiger partial charge is 0.504 e. The van der Waals surface area contributed by atoms with Crippen LogP contribution >= 0.6 is 15.9 Å². The maximum atomic E-state index is 9.87. The molecular formula is C10H11BrO4. The average Bonchev–Trinajstić information content (AvgIpc) is 2.74. The molecule has 0 aromatic heterocycles. The first-order valence-corrected chi connectivity index (χ1v) is 5.31. The van der Waals surface area contributed by atoms with Gasteiger partial charge in [0.2, 0.25) is 0 Å². The van der Waals surface area contributed by atoms with E-state index in [4.69, 9.17) is 14.2 Å². The molecule has 0 spiro atoms. The summed E-state index contributed by atoms with van der Waals surface area (Å²) in [5.74, 6) is 0.464. The smallest absolute Gasteiger partial charge is 0.187 e. The highest BCUT2D eigenvalue weighted by Gasteiger charge is 2.24. The van der Waals surface area contributed by atoms with Crippen LogP contribution in [0.2, 0.25) is 0 Å². The van der Waals surface area contributed by atoms with Crippen molar-refractivity contribution >= 4 is 15.9 Å². The summed E-state index contributed by atoms with van der Waals surface area (Å²) < 4.78 is 16.5. The minimum atomic E-state index is -0.503. The monoisotopic (exact) mass is 274 g/mol. The van der Waals surface area contributed by atoms with Crippen molar-refractivity contribution < 1.29 is 19.3 Å². The maximum absolute atomic E-state index is 9.87. The van der Waals surface area contributed by atoms with Crippen molar-refractivity contribution in [3.8, 4) is 11.5 Å². The highest BCUT2D eigenvalue weighted by atomic mass is 79.9. The third kappa shape index (κ3) is 2.09. The number of phenolic OH excluding ortho intramolecular Hbond substituents is 1. The third-order valence-corrected chi connectivity index (χ3v) is 2.62. The fourth-order valence-corrected chi connectivity index (χ4v) is 1.92. The van der Waals surface area contributed by atoms with E-state index in [0.717, 1.165) is 4.47 Å². The molecule has 82 valence electrons. The number of phenols is 1. The number of halogens is 1. The number of ether oxygens (including phenoxy) is 3. The zero-order valence-corrected chi connectivity index (χ0v) is 9.78. The molecule has 1 aliphatic rings.